The summed E-state index contributed by atoms with van der Waals surface area (Å²) in [5.74, 6) is -5.61. The third-order valence-corrected chi connectivity index (χ3v) is 8.21. The first-order valence-corrected chi connectivity index (χ1v) is 17.2. The highest BCUT2D eigenvalue weighted by Crippen LogP contribution is 2.39. The Balaban J connectivity index is 0.00000109. The van der Waals surface area contributed by atoms with Crippen molar-refractivity contribution in [2.45, 2.75) is 52.0 Å². The van der Waals surface area contributed by atoms with Gasteiger partial charge in [-0.2, -0.15) is 13.2 Å². The molecular weight excluding hydrogens is 751 g/mol. The number of carbonyl (C=O) groups excluding carboxylic acids is 4. The van der Waals surface area contributed by atoms with Crippen molar-refractivity contribution in [2.75, 3.05) is 39.5 Å². The molecule has 1 aromatic heterocycles. The van der Waals surface area contributed by atoms with E-state index in [0.717, 1.165) is 28.7 Å². The fraction of sp³-hybridized carbons (Fsp3) is 0.405. The second-order valence-corrected chi connectivity index (χ2v) is 13.5. The first kappa shape index (κ1) is 44.9. The third kappa shape index (κ3) is 12.8. The maximum Gasteiger partial charge on any atom is 0.490 e. The highest BCUT2D eigenvalue weighted by atomic mass is 19.4. The Bertz CT molecular complexity index is 1860. The Labute approximate surface area is 318 Å². The lowest BCUT2D eigenvalue weighted by atomic mass is 9.84. The van der Waals surface area contributed by atoms with Crippen LogP contribution in [-0.4, -0.2) is 111 Å². The van der Waals surface area contributed by atoms with Crippen LogP contribution in [0.1, 0.15) is 44.6 Å². The zero-order valence-electron chi connectivity index (χ0n) is 30.8. The Morgan fingerprint density at radius 1 is 1.00 bits per heavy atom. The molecule has 0 radical (unpaired) electrons. The van der Waals surface area contributed by atoms with E-state index in [1.807, 2.05) is 51.1 Å². The average molecular weight is 795 g/mol. The Hall–Kier alpha value is -5.53. The summed E-state index contributed by atoms with van der Waals surface area (Å²) in [6, 6.07) is 10.7. The quantitative estimate of drug-likeness (QED) is 0.0950. The van der Waals surface area contributed by atoms with Crippen LogP contribution in [-0.2, 0) is 35.3 Å². The zero-order chi connectivity index (χ0) is 41.8. The van der Waals surface area contributed by atoms with E-state index in [-0.39, 0.29) is 50.5 Å². The summed E-state index contributed by atoms with van der Waals surface area (Å²) in [5, 5.41) is 19.8. The number of nitrogens with zero attached hydrogens (tertiary/aromatic N) is 4. The lowest BCUT2D eigenvalue weighted by Crippen LogP contribution is -2.48. The van der Waals surface area contributed by atoms with E-state index in [2.05, 4.69) is 5.32 Å². The van der Waals surface area contributed by atoms with E-state index in [1.54, 1.807) is 10.8 Å². The van der Waals surface area contributed by atoms with Crippen LogP contribution in [0.25, 0.3) is 11.3 Å². The summed E-state index contributed by atoms with van der Waals surface area (Å²) < 4.78 is 68.1. The maximum atomic E-state index is 14.9. The van der Waals surface area contributed by atoms with Crippen LogP contribution in [0, 0.1) is 17.0 Å². The van der Waals surface area contributed by atoms with Crippen LogP contribution in [0.4, 0.5) is 22.0 Å². The van der Waals surface area contributed by atoms with Gasteiger partial charge in [-0.15, -0.1) is 0 Å². The number of nitrogens with two attached hydrogens (primary N) is 1. The normalized spacial score (nSPS) is 13.9. The number of aromatic nitrogens is 2. The third-order valence-electron chi connectivity index (χ3n) is 8.21. The molecule has 2 atom stereocenters. The van der Waals surface area contributed by atoms with Crippen molar-refractivity contribution in [1.29, 1.82) is 0 Å². The van der Waals surface area contributed by atoms with Crippen molar-refractivity contribution < 1.29 is 60.9 Å². The van der Waals surface area contributed by atoms with Crippen LogP contribution >= 0.6 is 0 Å². The molecule has 2 aromatic carbocycles. The van der Waals surface area contributed by atoms with Gasteiger partial charge in [0.25, 0.3) is 11.8 Å². The molecule has 0 bridgehead atoms. The van der Waals surface area contributed by atoms with Gasteiger partial charge in [0.1, 0.15) is 24.1 Å². The number of nitrogens with one attached hydrogen (secondary N) is 1. The number of carbonyl (C=O) groups is 5. The first-order chi connectivity index (χ1) is 26.2. The topological polar surface area (TPSA) is 197 Å². The van der Waals surface area contributed by atoms with E-state index >= 15 is 0 Å². The molecule has 1 aliphatic heterocycles. The highest BCUT2D eigenvalue weighted by molar-refractivity contribution is 6.12. The van der Waals surface area contributed by atoms with Crippen LogP contribution in [0.3, 0.4) is 0 Å². The number of carboxylic acid groups (broad SMARTS) is 1. The van der Waals surface area contributed by atoms with E-state index in [0.29, 0.717) is 12.4 Å². The predicted octanol–water partition coefficient (Wildman–Crippen LogP) is 3.19. The molecule has 4 rings (SSSR count). The van der Waals surface area contributed by atoms with Gasteiger partial charge in [0.05, 0.1) is 37.5 Å². The Morgan fingerprint density at radius 2 is 1.62 bits per heavy atom. The van der Waals surface area contributed by atoms with Crippen molar-refractivity contribution >= 4 is 29.6 Å². The molecule has 304 valence electrons. The number of carboxylic acids is 1. The van der Waals surface area contributed by atoms with E-state index in [9.17, 15) is 46.2 Å². The number of alkyl halides is 3. The van der Waals surface area contributed by atoms with Gasteiger partial charge in [-0.25, -0.2) is 18.6 Å². The predicted molar refractivity (Wildman–Crippen MR) is 190 cm³/mol. The van der Waals surface area contributed by atoms with Crippen molar-refractivity contribution in [3.8, 4) is 11.3 Å². The number of aliphatic hydroxyl groups is 1. The van der Waals surface area contributed by atoms with Crippen molar-refractivity contribution in [3.63, 3.8) is 0 Å². The first-order valence-electron chi connectivity index (χ1n) is 17.2. The minimum Gasteiger partial charge on any atom is -0.475 e. The minimum absolute atomic E-state index is 0.0276. The molecule has 19 heteroatoms. The molecular formula is C37H43F5N6O8. The number of hydrogen-bond donors (Lipinski definition) is 4. The molecule has 5 N–H and O–H groups in total. The number of imide groups is 1. The number of imidazole rings is 1. The van der Waals surface area contributed by atoms with Gasteiger partial charge in [-0.1, -0.05) is 51.1 Å². The summed E-state index contributed by atoms with van der Waals surface area (Å²) in [7, 11) is 0. The number of ether oxygens (including phenoxy) is 1. The monoisotopic (exact) mass is 794 g/mol. The van der Waals surface area contributed by atoms with E-state index in [1.165, 1.54) is 17.1 Å². The summed E-state index contributed by atoms with van der Waals surface area (Å²) >= 11 is 0. The van der Waals surface area contributed by atoms with Crippen molar-refractivity contribution in [2.24, 2.45) is 11.1 Å². The summed E-state index contributed by atoms with van der Waals surface area (Å²) in [4.78, 5) is 65.5. The molecule has 0 aliphatic carbocycles. The van der Waals surface area contributed by atoms with E-state index < -0.39 is 71.5 Å². The van der Waals surface area contributed by atoms with Crippen molar-refractivity contribution in [3.05, 3.63) is 89.9 Å². The molecule has 0 saturated carbocycles. The molecule has 0 saturated heterocycles. The van der Waals surface area contributed by atoms with Gasteiger partial charge in [0.15, 0.2) is 0 Å². The van der Waals surface area contributed by atoms with Crippen LogP contribution in [0.15, 0.2) is 66.9 Å². The molecule has 0 unspecified atom stereocenters. The molecule has 1 aliphatic rings. The van der Waals surface area contributed by atoms with Gasteiger partial charge in [0.2, 0.25) is 11.8 Å². The molecule has 0 fully saturated rings. The van der Waals surface area contributed by atoms with Crippen LogP contribution in [0.5, 0.6) is 0 Å². The molecule has 2 heterocycles. The second kappa shape index (κ2) is 19.9. The molecule has 3 aromatic rings. The fourth-order valence-corrected chi connectivity index (χ4v) is 5.56. The Kier molecular flexibility index (Phi) is 15.9. The maximum absolute atomic E-state index is 14.9. The van der Waals surface area contributed by atoms with Gasteiger partial charge in [0, 0.05) is 43.5 Å². The van der Waals surface area contributed by atoms with Crippen molar-refractivity contribution in [1.82, 2.24) is 24.7 Å². The Morgan fingerprint density at radius 3 is 2.20 bits per heavy atom. The number of benzene rings is 2. The zero-order valence-corrected chi connectivity index (χ0v) is 30.8. The van der Waals surface area contributed by atoms with Crippen LogP contribution in [0.2, 0.25) is 0 Å². The lowest BCUT2D eigenvalue weighted by molar-refractivity contribution is -0.192. The standard InChI is InChI=1S/C35H42F2N6O6.C2HF3O2/c1-35(2,3)32(33-40-28(25-19-24(36)9-10-26(25)37)21-41(33)20-23-7-5-4-6-8-23)43(31(47)22-44)15-13-27(38)34(48)39-14-17-49-18-16-42-29(45)11-12-30(42)46;3-2(4,5)1(6)7/h4-12,19,21,27,32,44H,13-18,20,22,38H2,1-3H3,(H,39,48);(H,6,7)/t27-,32-;/m0./s1. The number of amides is 4. The molecule has 14 nitrogen and oxygen atoms in total. The van der Waals surface area contributed by atoms with Gasteiger partial charge >= 0.3 is 12.1 Å². The minimum atomic E-state index is -5.08. The van der Waals surface area contributed by atoms with Gasteiger partial charge < -0.3 is 35.5 Å². The number of rotatable bonds is 16. The lowest BCUT2D eigenvalue weighted by Gasteiger charge is -2.40. The summed E-state index contributed by atoms with van der Waals surface area (Å²) in [6.07, 6.45) is -1.07. The molecule has 56 heavy (non-hydrogen) atoms. The largest absolute Gasteiger partial charge is 0.490 e. The number of halogens is 5. The number of hydrogen-bond acceptors (Lipinski definition) is 9. The van der Waals surface area contributed by atoms with Gasteiger partial charge in [-0.3, -0.25) is 24.1 Å². The second-order valence-electron chi connectivity index (χ2n) is 13.5. The number of aliphatic hydroxyl groups excluding tert-OH is 1. The highest BCUT2D eigenvalue weighted by Gasteiger charge is 2.39. The summed E-state index contributed by atoms with van der Waals surface area (Å²) in [5.41, 5.74) is 6.55. The smallest absolute Gasteiger partial charge is 0.475 e. The average Bonchev–Trinajstić information content (AvgIpc) is 3.68. The SMILES string of the molecule is CC(C)(C)[C@H](c1nc(-c2cc(F)ccc2F)cn1Cc1ccccc1)N(CC[C@H](N)C(=O)NCCOCCN1C(=O)C=CC1=O)C(=O)CO.O=C(O)C(F)(F)F. The summed E-state index contributed by atoms with van der Waals surface area (Å²) in [6.45, 7) is 5.54. The van der Waals surface area contributed by atoms with E-state index in [4.69, 9.17) is 25.4 Å². The van der Waals surface area contributed by atoms with Crippen LogP contribution < -0.4 is 11.1 Å². The molecule has 0 spiro atoms. The fourth-order valence-electron chi connectivity index (χ4n) is 5.56. The molecule has 4 amide bonds. The van der Waals surface area contributed by atoms with Gasteiger partial charge in [-0.05, 0) is 35.6 Å². The number of aliphatic carboxylic acids is 1.